The van der Waals surface area contributed by atoms with Crippen molar-refractivity contribution in [1.82, 2.24) is 10.6 Å². The molecule has 19 heavy (non-hydrogen) atoms. The Morgan fingerprint density at radius 3 is 2.74 bits per heavy atom. The van der Waals surface area contributed by atoms with E-state index in [0.29, 0.717) is 12.0 Å². The first-order valence-electron chi connectivity index (χ1n) is 7.51. The molecule has 0 amide bonds. The standard InChI is InChI=1S/C16H21N3/c1-2-4-11(5-3-1)14-12-6-7-13(10-12)15(14)19-16-17-8-9-18-16/h1-5,12-15H,6-10H2,(H2,17,18,19). The topological polar surface area (TPSA) is 36.4 Å². The van der Waals surface area contributed by atoms with Crippen LogP contribution >= 0.6 is 0 Å². The Kier molecular flexibility index (Phi) is 2.71. The molecule has 3 aliphatic rings. The van der Waals surface area contributed by atoms with Crippen LogP contribution in [0.25, 0.3) is 0 Å². The van der Waals surface area contributed by atoms with Crippen molar-refractivity contribution in [1.29, 1.82) is 0 Å². The van der Waals surface area contributed by atoms with Crippen LogP contribution in [0.15, 0.2) is 35.3 Å². The summed E-state index contributed by atoms with van der Waals surface area (Å²) in [6.07, 6.45) is 4.19. The second-order valence-electron chi connectivity index (χ2n) is 6.10. The van der Waals surface area contributed by atoms with Gasteiger partial charge in [0.2, 0.25) is 0 Å². The maximum atomic E-state index is 4.51. The summed E-state index contributed by atoms with van der Waals surface area (Å²) < 4.78 is 0. The van der Waals surface area contributed by atoms with E-state index >= 15 is 0 Å². The molecule has 1 aromatic rings. The number of hydrogen-bond donors (Lipinski definition) is 2. The summed E-state index contributed by atoms with van der Waals surface area (Å²) in [5, 5.41) is 7.05. The van der Waals surface area contributed by atoms with Gasteiger partial charge in [0.25, 0.3) is 0 Å². The van der Waals surface area contributed by atoms with Gasteiger partial charge in [-0.25, -0.2) is 0 Å². The zero-order valence-electron chi connectivity index (χ0n) is 11.2. The third kappa shape index (κ3) is 1.92. The van der Waals surface area contributed by atoms with E-state index in [2.05, 4.69) is 46.0 Å². The van der Waals surface area contributed by atoms with Crippen LogP contribution in [-0.2, 0) is 0 Å². The quantitative estimate of drug-likeness (QED) is 0.849. The molecule has 2 N–H and O–H groups in total. The SMILES string of the molecule is c1ccc(C2C3CCC(C3)C2NC2=NCCN2)cc1. The molecule has 1 heterocycles. The minimum Gasteiger partial charge on any atom is -0.355 e. The third-order valence-electron chi connectivity index (χ3n) is 5.08. The Labute approximate surface area is 114 Å². The molecule has 4 atom stereocenters. The molecule has 4 rings (SSSR count). The first-order chi connectivity index (χ1) is 9.42. The summed E-state index contributed by atoms with van der Waals surface area (Å²) in [7, 11) is 0. The molecule has 0 aromatic heterocycles. The van der Waals surface area contributed by atoms with E-state index in [1.807, 2.05) is 0 Å². The van der Waals surface area contributed by atoms with E-state index in [-0.39, 0.29) is 0 Å². The maximum Gasteiger partial charge on any atom is 0.191 e. The molecule has 100 valence electrons. The molecule has 4 unspecified atom stereocenters. The first-order valence-corrected chi connectivity index (χ1v) is 7.51. The average Bonchev–Trinajstić information content (AvgIpc) is 3.16. The summed E-state index contributed by atoms with van der Waals surface area (Å²) >= 11 is 0. The monoisotopic (exact) mass is 255 g/mol. The van der Waals surface area contributed by atoms with Crippen LogP contribution in [0.1, 0.15) is 30.7 Å². The van der Waals surface area contributed by atoms with Crippen molar-refractivity contribution >= 4 is 5.96 Å². The molecule has 2 fully saturated rings. The maximum absolute atomic E-state index is 4.51. The Morgan fingerprint density at radius 1 is 1.11 bits per heavy atom. The number of fused-ring (bicyclic) bond motifs is 2. The summed E-state index contributed by atoms with van der Waals surface area (Å²) in [5.41, 5.74) is 1.51. The van der Waals surface area contributed by atoms with Gasteiger partial charge in [0.15, 0.2) is 5.96 Å². The molecule has 0 saturated heterocycles. The van der Waals surface area contributed by atoms with Gasteiger partial charge >= 0.3 is 0 Å². The van der Waals surface area contributed by atoms with Crippen LogP contribution in [0, 0.1) is 11.8 Å². The number of aliphatic imine (C=N–C) groups is 1. The molecule has 0 radical (unpaired) electrons. The Morgan fingerprint density at radius 2 is 1.95 bits per heavy atom. The van der Waals surface area contributed by atoms with Crippen molar-refractivity contribution in [3.05, 3.63) is 35.9 Å². The zero-order chi connectivity index (χ0) is 12.7. The second kappa shape index (κ2) is 4.55. The highest BCUT2D eigenvalue weighted by atomic mass is 15.2. The van der Waals surface area contributed by atoms with Crippen LogP contribution in [0.4, 0.5) is 0 Å². The van der Waals surface area contributed by atoms with Crippen molar-refractivity contribution in [3.63, 3.8) is 0 Å². The van der Waals surface area contributed by atoms with Gasteiger partial charge in [-0.1, -0.05) is 30.3 Å². The van der Waals surface area contributed by atoms with Crippen LogP contribution in [0.2, 0.25) is 0 Å². The lowest BCUT2D eigenvalue weighted by Gasteiger charge is -2.32. The molecule has 1 aromatic carbocycles. The van der Waals surface area contributed by atoms with Crippen molar-refractivity contribution in [2.75, 3.05) is 13.1 Å². The van der Waals surface area contributed by atoms with E-state index in [1.165, 1.54) is 24.8 Å². The lowest BCUT2D eigenvalue weighted by atomic mass is 9.80. The molecule has 2 saturated carbocycles. The number of nitrogens with zero attached hydrogens (tertiary/aromatic N) is 1. The van der Waals surface area contributed by atoms with Gasteiger partial charge in [0, 0.05) is 18.5 Å². The van der Waals surface area contributed by atoms with Crippen molar-refractivity contribution in [2.24, 2.45) is 16.8 Å². The lowest BCUT2D eigenvalue weighted by molar-refractivity contribution is 0.340. The van der Waals surface area contributed by atoms with Crippen molar-refractivity contribution in [3.8, 4) is 0 Å². The number of guanidine groups is 1. The Balaban J connectivity index is 1.60. The number of hydrogen-bond acceptors (Lipinski definition) is 3. The van der Waals surface area contributed by atoms with Gasteiger partial charge in [0.05, 0.1) is 6.54 Å². The lowest BCUT2D eigenvalue weighted by Crippen LogP contribution is -2.46. The highest BCUT2D eigenvalue weighted by Crippen LogP contribution is 2.52. The van der Waals surface area contributed by atoms with Gasteiger partial charge in [0.1, 0.15) is 0 Å². The predicted octanol–water partition coefficient (Wildman–Crippen LogP) is 2.12. The van der Waals surface area contributed by atoms with Crippen LogP contribution in [0.5, 0.6) is 0 Å². The molecular formula is C16H21N3. The smallest absolute Gasteiger partial charge is 0.191 e. The largest absolute Gasteiger partial charge is 0.355 e. The molecule has 0 spiro atoms. The van der Waals surface area contributed by atoms with Gasteiger partial charge in [-0.05, 0) is 36.7 Å². The summed E-state index contributed by atoms with van der Waals surface area (Å²) in [6.45, 7) is 1.90. The summed E-state index contributed by atoms with van der Waals surface area (Å²) in [5.74, 6) is 3.40. The van der Waals surface area contributed by atoms with Crippen molar-refractivity contribution < 1.29 is 0 Å². The van der Waals surface area contributed by atoms with Gasteiger partial charge in [-0.2, -0.15) is 0 Å². The number of nitrogens with one attached hydrogen (secondary N) is 2. The van der Waals surface area contributed by atoms with Gasteiger partial charge in [-0.3, -0.25) is 4.99 Å². The molecule has 3 heteroatoms. The number of rotatable bonds is 2. The number of benzene rings is 1. The molecule has 1 aliphatic heterocycles. The van der Waals surface area contributed by atoms with E-state index in [1.54, 1.807) is 0 Å². The summed E-state index contributed by atoms with van der Waals surface area (Å²) in [4.78, 5) is 4.51. The fourth-order valence-corrected chi connectivity index (χ4v) is 4.31. The van der Waals surface area contributed by atoms with E-state index in [4.69, 9.17) is 0 Å². The zero-order valence-corrected chi connectivity index (χ0v) is 11.2. The van der Waals surface area contributed by atoms with E-state index in [0.717, 1.165) is 30.9 Å². The van der Waals surface area contributed by atoms with Gasteiger partial charge < -0.3 is 10.6 Å². The fourth-order valence-electron chi connectivity index (χ4n) is 4.31. The Bertz CT molecular complexity index is 482. The van der Waals surface area contributed by atoms with Crippen LogP contribution < -0.4 is 10.6 Å². The van der Waals surface area contributed by atoms with Gasteiger partial charge in [-0.15, -0.1) is 0 Å². The third-order valence-corrected chi connectivity index (χ3v) is 5.08. The Hall–Kier alpha value is -1.51. The molecule has 2 bridgehead atoms. The van der Waals surface area contributed by atoms with Crippen LogP contribution in [-0.4, -0.2) is 25.1 Å². The normalized spacial score (nSPS) is 36.1. The predicted molar refractivity (Wildman–Crippen MR) is 77.2 cm³/mol. The molecule has 2 aliphatic carbocycles. The first kappa shape index (κ1) is 11.3. The second-order valence-corrected chi connectivity index (χ2v) is 6.10. The van der Waals surface area contributed by atoms with E-state index in [9.17, 15) is 0 Å². The highest BCUT2D eigenvalue weighted by Gasteiger charge is 2.48. The molecule has 3 nitrogen and oxygen atoms in total. The minimum atomic E-state index is 0.575. The van der Waals surface area contributed by atoms with Crippen molar-refractivity contribution in [2.45, 2.75) is 31.2 Å². The minimum absolute atomic E-state index is 0.575. The summed E-state index contributed by atoms with van der Waals surface area (Å²) in [6, 6.07) is 11.6. The fraction of sp³-hybridized carbons (Fsp3) is 0.562. The molecular weight excluding hydrogens is 234 g/mol. The highest BCUT2D eigenvalue weighted by molar-refractivity contribution is 5.81. The van der Waals surface area contributed by atoms with Crippen LogP contribution in [0.3, 0.4) is 0 Å². The average molecular weight is 255 g/mol. The van der Waals surface area contributed by atoms with E-state index < -0.39 is 0 Å².